The van der Waals surface area contributed by atoms with E-state index in [0.29, 0.717) is 12.3 Å². The van der Waals surface area contributed by atoms with Crippen molar-refractivity contribution in [3.05, 3.63) is 17.8 Å². The Morgan fingerprint density at radius 1 is 1.44 bits per heavy atom. The number of anilines is 1. The second kappa shape index (κ2) is 4.35. The summed E-state index contributed by atoms with van der Waals surface area (Å²) in [7, 11) is 0. The first-order valence-electron chi connectivity index (χ1n) is 5.43. The molecule has 0 unspecified atom stereocenters. The zero-order valence-electron chi connectivity index (χ0n) is 9.68. The van der Waals surface area contributed by atoms with Crippen LogP contribution >= 0.6 is 0 Å². The van der Waals surface area contributed by atoms with Gasteiger partial charge in [0.1, 0.15) is 0 Å². The van der Waals surface area contributed by atoms with Crippen LogP contribution in [0.3, 0.4) is 0 Å². The Balaban J connectivity index is 2.11. The van der Waals surface area contributed by atoms with E-state index in [1.54, 1.807) is 6.07 Å². The molecule has 2 rings (SSSR count). The monoisotopic (exact) mass is 223 g/mol. The van der Waals surface area contributed by atoms with Gasteiger partial charge in [0.25, 0.3) is 0 Å². The van der Waals surface area contributed by atoms with Gasteiger partial charge in [0.15, 0.2) is 5.82 Å². The minimum atomic E-state index is -0.143. The van der Waals surface area contributed by atoms with Crippen LogP contribution in [0, 0.1) is 0 Å². The van der Waals surface area contributed by atoms with Crippen LogP contribution in [-0.4, -0.2) is 40.6 Å². The van der Waals surface area contributed by atoms with Gasteiger partial charge in [-0.15, -0.1) is 5.10 Å². The van der Waals surface area contributed by atoms with Crippen molar-refractivity contribution in [2.24, 2.45) is 0 Å². The normalized spacial score (nSPS) is 19.8. The standard InChI is InChI=1S/C11H17N3O2/c1-11(2)8-14(5-6-16-11)10-4-3-9(7-15)12-13-10/h3-4,15H,5-8H2,1-2H3. The fraction of sp³-hybridized carbons (Fsp3) is 0.636. The number of aliphatic hydroxyl groups excluding tert-OH is 1. The number of rotatable bonds is 2. The number of ether oxygens (including phenoxy) is 1. The Labute approximate surface area is 95.1 Å². The van der Waals surface area contributed by atoms with Crippen LogP contribution in [0.15, 0.2) is 12.1 Å². The fourth-order valence-electron chi connectivity index (χ4n) is 1.82. The molecule has 5 nitrogen and oxygen atoms in total. The smallest absolute Gasteiger partial charge is 0.151 e. The Bertz CT molecular complexity index is 351. The zero-order valence-corrected chi connectivity index (χ0v) is 9.68. The lowest BCUT2D eigenvalue weighted by molar-refractivity contribution is -0.0279. The van der Waals surface area contributed by atoms with Crippen molar-refractivity contribution in [3.8, 4) is 0 Å². The summed E-state index contributed by atoms with van der Waals surface area (Å²) in [5.74, 6) is 0.841. The van der Waals surface area contributed by atoms with Crippen LogP contribution in [0.1, 0.15) is 19.5 Å². The molecule has 0 atom stereocenters. The quantitative estimate of drug-likeness (QED) is 0.795. The highest BCUT2D eigenvalue weighted by Gasteiger charge is 2.27. The van der Waals surface area contributed by atoms with Crippen LogP contribution in [0.4, 0.5) is 5.82 Å². The Morgan fingerprint density at radius 3 is 2.81 bits per heavy atom. The maximum Gasteiger partial charge on any atom is 0.151 e. The minimum absolute atomic E-state index is 0.0676. The zero-order chi connectivity index (χ0) is 11.6. The first-order chi connectivity index (χ1) is 7.61. The molecule has 0 amide bonds. The first kappa shape index (κ1) is 11.3. The summed E-state index contributed by atoms with van der Waals surface area (Å²) in [4.78, 5) is 2.15. The predicted octanol–water partition coefficient (Wildman–Crippen LogP) is 0.584. The molecule has 1 aromatic heterocycles. The molecule has 1 saturated heterocycles. The molecule has 5 heteroatoms. The number of aromatic nitrogens is 2. The van der Waals surface area contributed by atoms with Crippen LogP contribution in [0.5, 0.6) is 0 Å². The molecular weight excluding hydrogens is 206 g/mol. The van der Waals surface area contributed by atoms with Crippen LogP contribution in [-0.2, 0) is 11.3 Å². The number of nitrogens with zero attached hydrogens (tertiary/aromatic N) is 3. The lowest BCUT2D eigenvalue weighted by Crippen LogP contribution is -2.48. The highest BCUT2D eigenvalue weighted by atomic mass is 16.5. The lowest BCUT2D eigenvalue weighted by Gasteiger charge is -2.38. The molecule has 1 aliphatic rings. The topological polar surface area (TPSA) is 58.5 Å². The van der Waals surface area contributed by atoms with E-state index >= 15 is 0 Å². The molecule has 1 aliphatic heterocycles. The average Bonchev–Trinajstić information content (AvgIpc) is 2.28. The molecule has 1 N–H and O–H groups in total. The summed E-state index contributed by atoms with van der Waals surface area (Å²) in [6, 6.07) is 3.69. The Hall–Kier alpha value is -1.20. The SMILES string of the molecule is CC1(C)CN(c2ccc(CO)nn2)CCO1. The van der Waals surface area contributed by atoms with Gasteiger partial charge in [0.05, 0.1) is 24.5 Å². The lowest BCUT2D eigenvalue weighted by atomic mass is 10.1. The van der Waals surface area contributed by atoms with Crippen LogP contribution in [0.2, 0.25) is 0 Å². The van der Waals surface area contributed by atoms with Crippen molar-refractivity contribution < 1.29 is 9.84 Å². The van der Waals surface area contributed by atoms with Gasteiger partial charge in [-0.1, -0.05) is 0 Å². The van der Waals surface area contributed by atoms with Crippen molar-refractivity contribution in [3.63, 3.8) is 0 Å². The molecule has 0 spiro atoms. The van der Waals surface area contributed by atoms with Crippen molar-refractivity contribution in [1.82, 2.24) is 10.2 Å². The molecule has 0 radical (unpaired) electrons. The van der Waals surface area contributed by atoms with Crippen LogP contribution < -0.4 is 4.90 Å². The molecule has 88 valence electrons. The third-order valence-corrected chi connectivity index (χ3v) is 2.62. The van der Waals surface area contributed by atoms with Gasteiger partial charge in [-0.25, -0.2) is 0 Å². The Kier molecular flexibility index (Phi) is 3.07. The number of aliphatic hydroxyl groups is 1. The second-order valence-electron chi connectivity index (χ2n) is 4.57. The molecule has 0 aliphatic carbocycles. The Morgan fingerprint density at radius 2 is 2.25 bits per heavy atom. The van der Waals surface area contributed by atoms with Gasteiger partial charge in [0.2, 0.25) is 0 Å². The van der Waals surface area contributed by atoms with Crippen molar-refractivity contribution in [1.29, 1.82) is 0 Å². The van der Waals surface area contributed by atoms with E-state index in [1.165, 1.54) is 0 Å². The highest BCUT2D eigenvalue weighted by Crippen LogP contribution is 2.20. The molecular formula is C11H17N3O2. The number of morpholine rings is 1. The maximum atomic E-state index is 8.89. The fourth-order valence-corrected chi connectivity index (χ4v) is 1.82. The first-order valence-corrected chi connectivity index (χ1v) is 5.43. The minimum Gasteiger partial charge on any atom is -0.390 e. The summed E-state index contributed by atoms with van der Waals surface area (Å²) in [5.41, 5.74) is 0.450. The molecule has 0 bridgehead atoms. The van der Waals surface area contributed by atoms with Gasteiger partial charge in [-0.2, -0.15) is 5.10 Å². The molecule has 16 heavy (non-hydrogen) atoms. The molecule has 1 fully saturated rings. The maximum absolute atomic E-state index is 8.89. The molecule has 1 aromatic rings. The summed E-state index contributed by atoms with van der Waals surface area (Å²) < 4.78 is 5.63. The third-order valence-electron chi connectivity index (χ3n) is 2.62. The molecule has 0 aromatic carbocycles. The largest absolute Gasteiger partial charge is 0.390 e. The van der Waals surface area contributed by atoms with Crippen molar-refractivity contribution >= 4 is 5.82 Å². The average molecular weight is 223 g/mol. The van der Waals surface area contributed by atoms with Crippen molar-refractivity contribution in [2.75, 3.05) is 24.6 Å². The summed E-state index contributed by atoms with van der Waals surface area (Å²) in [6.07, 6.45) is 0. The van der Waals surface area contributed by atoms with Gasteiger partial charge < -0.3 is 14.7 Å². The van der Waals surface area contributed by atoms with Gasteiger partial charge in [0, 0.05) is 13.1 Å². The molecule has 2 heterocycles. The van der Waals surface area contributed by atoms with E-state index in [2.05, 4.69) is 28.9 Å². The van der Waals surface area contributed by atoms with E-state index in [9.17, 15) is 0 Å². The van der Waals surface area contributed by atoms with Crippen LogP contribution in [0.25, 0.3) is 0 Å². The number of hydrogen-bond donors (Lipinski definition) is 1. The third kappa shape index (κ3) is 2.48. The van der Waals surface area contributed by atoms with E-state index < -0.39 is 0 Å². The van der Waals surface area contributed by atoms with Crippen molar-refractivity contribution in [2.45, 2.75) is 26.1 Å². The van der Waals surface area contributed by atoms with E-state index in [0.717, 1.165) is 18.9 Å². The molecule has 0 saturated carbocycles. The summed E-state index contributed by atoms with van der Waals surface area (Å²) in [6.45, 7) is 6.40. The van der Waals surface area contributed by atoms with E-state index in [4.69, 9.17) is 9.84 Å². The highest BCUT2D eigenvalue weighted by molar-refractivity contribution is 5.38. The summed E-state index contributed by atoms with van der Waals surface area (Å²) >= 11 is 0. The van der Waals surface area contributed by atoms with Gasteiger partial charge in [-0.3, -0.25) is 0 Å². The van der Waals surface area contributed by atoms with Gasteiger partial charge >= 0.3 is 0 Å². The van der Waals surface area contributed by atoms with E-state index in [-0.39, 0.29) is 12.2 Å². The van der Waals surface area contributed by atoms with Gasteiger partial charge in [-0.05, 0) is 26.0 Å². The number of hydrogen-bond acceptors (Lipinski definition) is 5. The van der Waals surface area contributed by atoms with E-state index in [1.807, 2.05) is 6.07 Å². The summed E-state index contributed by atoms with van der Waals surface area (Å²) in [5, 5.41) is 16.9. The second-order valence-corrected chi connectivity index (χ2v) is 4.57. The predicted molar refractivity (Wildman–Crippen MR) is 60.2 cm³/mol.